The second-order valence-electron chi connectivity index (χ2n) is 4.65. The fourth-order valence-electron chi connectivity index (χ4n) is 2.08. The largest absolute Gasteiger partial charge is 0.309 e. The first kappa shape index (κ1) is 15.8. The van der Waals surface area contributed by atoms with E-state index < -0.39 is 0 Å². The summed E-state index contributed by atoms with van der Waals surface area (Å²) in [4.78, 5) is 5.80. The maximum absolute atomic E-state index is 6.28. The molecular formula is C15H18Cl2N2S. The highest BCUT2D eigenvalue weighted by molar-refractivity contribution is 7.09. The molecule has 2 nitrogen and oxygen atoms in total. The van der Waals surface area contributed by atoms with Crippen LogP contribution in [0.1, 0.15) is 36.4 Å². The smallest absolute Gasteiger partial charge is 0.0760 e. The third-order valence-corrected chi connectivity index (χ3v) is 4.51. The van der Waals surface area contributed by atoms with Crippen molar-refractivity contribution >= 4 is 34.5 Å². The number of rotatable bonds is 7. The van der Waals surface area contributed by atoms with Gasteiger partial charge in [-0.3, -0.25) is 4.98 Å². The van der Waals surface area contributed by atoms with Gasteiger partial charge in [0.2, 0.25) is 0 Å². The van der Waals surface area contributed by atoms with E-state index in [1.54, 1.807) is 23.6 Å². The first-order valence-electron chi connectivity index (χ1n) is 6.77. The molecule has 0 amide bonds. The van der Waals surface area contributed by atoms with Gasteiger partial charge in [-0.05, 0) is 43.3 Å². The number of aromatic nitrogens is 1. The maximum Gasteiger partial charge on any atom is 0.0760 e. The normalized spacial score (nSPS) is 12.6. The van der Waals surface area contributed by atoms with E-state index in [2.05, 4.69) is 34.7 Å². The Kier molecular flexibility index (Phi) is 6.30. The van der Waals surface area contributed by atoms with Gasteiger partial charge in [0.25, 0.3) is 0 Å². The van der Waals surface area contributed by atoms with Crippen LogP contribution in [0.4, 0.5) is 0 Å². The predicted molar refractivity (Wildman–Crippen MR) is 87.9 cm³/mol. The highest BCUT2D eigenvalue weighted by Crippen LogP contribution is 2.27. The van der Waals surface area contributed by atoms with E-state index in [-0.39, 0.29) is 6.04 Å². The Morgan fingerprint density at radius 3 is 2.90 bits per heavy atom. The number of hydrogen-bond acceptors (Lipinski definition) is 3. The van der Waals surface area contributed by atoms with E-state index >= 15 is 0 Å². The average Bonchev–Trinajstić information content (AvgIpc) is 2.93. The molecule has 1 unspecified atom stereocenters. The van der Waals surface area contributed by atoms with E-state index in [1.807, 2.05) is 0 Å². The molecule has 2 aromatic rings. The van der Waals surface area contributed by atoms with Crippen LogP contribution in [-0.2, 0) is 6.42 Å². The zero-order chi connectivity index (χ0) is 14.4. The van der Waals surface area contributed by atoms with Crippen LogP contribution < -0.4 is 5.32 Å². The fraction of sp³-hybridized carbons (Fsp3) is 0.400. The molecular weight excluding hydrogens is 311 g/mol. The summed E-state index contributed by atoms with van der Waals surface area (Å²) in [5.41, 5.74) is 0.890. The molecule has 0 saturated heterocycles. The van der Waals surface area contributed by atoms with Gasteiger partial charge in [0.1, 0.15) is 0 Å². The first-order chi connectivity index (χ1) is 9.70. The number of nitrogens with one attached hydrogen (secondary N) is 1. The van der Waals surface area contributed by atoms with Gasteiger partial charge in [-0.15, -0.1) is 11.3 Å². The first-order valence-corrected chi connectivity index (χ1v) is 8.41. The molecule has 0 fully saturated rings. The van der Waals surface area contributed by atoms with Crippen LogP contribution in [0.2, 0.25) is 10.0 Å². The Morgan fingerprint density at radius 1 is 1.40 bits per heavy atom. The van der Waals surface area contributed by atoms with Crippen LogP contribution in [0, 0.1) is 0 Å². The summed E-state index contributed by atoms with van der Waals surface area (Å²) in [6.45, 7) is 3.11. The average molecular weight is 329 g/mol. The summed E-state index contributed by atoms with van der Waals surface area (Å²) < 4.78 is 0. The molecule has 0 bridgehead atoms. The number of hydrogen-bond donors (Lipinski definition) is 1. The Balaban J connectivity index is 2.09. The van der Waals surface area contributed by atoms with Gasteiger partial charge >= 0.3 is 0 Å². The molecule has 20 heavy (non-hydrogen) atoms. The van der Waals surface area contributed by atoms with Gasteiger partial charge in [0.05, 0.1) is 21.8 Å². The van der Waals surface area contributed by atoms with Crippen LogP contribution in [0.3, 0.4) is 0 Å². The van der Waals surface area contributed by atoms with Gasteiger partial charge in [-0.2, -0.15) is 0 Å². The molecule has 0 aliphatic carbocycles. The second-order valence-corrected chi connectivity index (χ2v) is 6.52. The second kappa shape index (κ2) is 7.99. The number of halogens is 2. The quantitative estimate of drug-likeness (QED) is 0.762. The molecule has 2 heterocycles. The molecule has 5 heteroatoms. The molecule has 0 aromatic carbocycles. The lowest BCUT2D eigenvalue weighted by Crippen LogP contribution is -2.24. The zero-order valence-electron chi connectivity index (χ0n) is 11.4. The predicted octanol–water partition coefficient (Wildman–Crippen LogP) is 5.12. The Morgan fingerprint density at radius 2 is 2.25 bits per heavy atom. The topological polar surface area (TPSA) is 24.9 Å². The van der Waals surface area contributed by atoms with Crippen LogP contribution in [0.15, 0.2) is 29.8 Å². The number of nitrogens with zero attached hydrogens (tertiary/aromatic N) is 1. The summed E-state index contributed by atoms with van der Waals surface area (Å²) >= 11 is 14.0. The fourth-order valence-corrected chi connectivity index (χ4v) is 3.31. The Hall–Kier alpha value is -0.610. The minimum absolute atomic E-state index is 0.168. The van der Waals surface area contributed by atoms with Gasteiger partial charge in [0.15, 0.2) is 0 Å². The van der Waals surface area contributed by atoms with Crippen LogP contribution in [0.25, 0.3) is 0 Å². The lowest BCUT2D eigenvalue weighted by molar-refractivity contribution is 0.490. The van der Waals surface area contributed by atoms with Crippen molar-refractivity contribution in [3.05, 3.63) is 50.4 Å². The number of thiophene rings is 1. The van der Waals surface area contributed by atoms with Gasteiger partial charge < -0.3 is 5.32 Å². The van der Waals surface area contributed by atoms with Crippen molar-refractivity contribution in [1.82, 2.24) is 10.3 Å². The van der Waals surface area contributed by atoms with Crippen LogP contribution >= 0.6 is 34.5 Å². The number of aryl methyl sites for hydroxylation is 1. The summed E-state index contributed by atoms with van der Waals surface area (Å²) in [5, 5.41) is 6.84. The van der Waals surface area contributed by atoms with Crippen molar-refractivity contribution in [1.29, 1.82) is 0 Å². The molecule has 2 aromatic heterocycles. The lowest BCUT2D eigenvalue weighted by atomic mass is 10.1. The Labute approximate surface area is 134 Å². The highest BCUT2D eigenvalue weighted by Gasteiger charge is 2.16. The summed E-state index contributed by atoms with van der Waals surface area (Å²) in [7, 11) is 0. The molecule has 0 aliphatic heterocycles. The van der Waals surface area contributed by atoms with E-state index in [1.165, 1.54) is 4.88 Å². The van der Waals surface area contributed by atoms with Crippen molar-refractivity contribution in [2.24, 2.45) is 0 Å². The van der Waals surface area contributed by atoms with E-state index in [9.17, 15) is 0 Å². The summed E-state index contributed by atoms with van der Waals surface area (Å²) in [6, 6.07) is 6.18. The van der Waals surface area contributed by atoms with Gasteiger partial charge in [-0.1, -0.05) is 36.2 Å². The molecule has 108 valence electrons. The molecule has 0 saturated carbocycles. The summed E-state index contributed by atoms with van der Waals surface area (Å²) in [5.74, 6) is 0. The molecule has 1 N–H and O–H groups in total. The van der Waals surface area contributed by atoms with Crippen molar-refractivity contribution in [2.45, 2.75) is 32.2 Å². The minimum Gasteiger partial charge on any atom is -0.309 e. The van der Waals surface area contributed by atoms with E-state index in [0.717, 1.165) is 31.5 Å². The van der Waals surface area contributed by atoms with Crippen LogP contribution in [-0.4, -0.2) is 11.5 Å². The minimum atomic E-state index is 0.168. The molecule has 0 spiro atoms. The lowest BCUT2D eigenvalue weighted by Gasteiger charge is -2.19. The molecule has 0 aliphatic rings. The van der Waals surface area contributed by atoms with Crippen molar-refractivity contribution < 1.29 is 0 Å². The standard InChI is InChI=1S/C15H18Cl2N2S/c1-2-7-18-14(6-5-12-4-3-8-20-12)15-13(17)9-11(16)10-19-15/h3-4,8-10,14,18H,2,5-7H2,1H3. The zero-order valence-corrected chi connectivity index (χ0v) is 13.7. The van der Waals surface area contributed by atoms with E-state index in [4.69, 9.17) is 23.2 Å². The van der Waals surface area contributed by atoms with Gasteiger partial charge in [0, 0.05) is 11.1 Å². The SMILES string of the molecule is CCCNC(CCc1cccs1)c1ncc(Cl)cc1Cl. The summed E-state index contributed by atoms with van der Waals surface area (Å²) in [6.07, 6.45) is 4.75. The molecule has 0 radical (unpaired) electrons. The molecule has 2 rings (SSSR count). The van der Waals surface area contributed by atoms with Crippen LogP contribution in [0.5, 0.6) is 0 Å². The monoisotopic (exact) mass is 328 g/mol. The highest BCUT2D eigenvalue weighted by atomic mass is 35.5. The Bertz CT molecular complexity index is 529. The van der Waals surface area contributed by atoms with E-state index in [0.29, 0.717) is 10.0 Å². The number of pyridine rings is 1. The van der Waals surface area contributed by atoms with Gasteiger partial charge in [-0.25, -0.2) is 0 Å². The third kappa shape index (κ3) is 4.45. The van der Waals surface area contributed by atoms with Crippen molar-refractivity contribution in [2.75, 3.05) is 6.54 Å². The molecule has 1 atom stereocenters. The van der Waals surface area contributed by atoms with Crippen molar-refractivity contribution in [3.63, 3.8) is 0 Å². The van der Waals surface area contributed by atoms with Crippen molar-refractivity contribution in [3.8, 4) is 0 Å². The maximum atomic E-state index is 6.28. The third-order valence-electron chi connectivity index (χ3n) is 3.07.